The first-order valence-electron chi connectivity index (χ1n) is 10.0. The van der Waals surface area contributed by atoms with Crippen LogP contribution in [-0.2, 0) is 16.1 Å². The van der Waals surface area contributed by atoms with Crippen LogP contribution in [0.15, 0.2) is 24.5 Å². The maximum Gasteiger partial charge on any atom is 0.410 e. The molecule has 1 atom stereocenters. The number of piperazine rings is 1. The summed E-state index contributed by atoms with van der Waals surface area (Å²) < 4.78 is 5.95. The van der Waals surface area contributed by atoms with E-state index in [0.717, 1.165) is 45.3 Å². The number of rotatable bonds is 3. The molecule has 2 amide bonds. The molecule has 7 nitrogen and oxygen atoms in total. The average Bonchev–Trinajstić information content (AvgIpc) is 3.50. The minimum atomic E-state index is -0.439. The fraction of sp³-hybridized carbons (Fsp3) is 0.650. The third-order valence-electron chi connectivity index (χ3n) is 6.57. The van der Waals surface area contributed by atoms with Gasteiger partial charge < -0.3 is 9.64 Å². The number of nitrogens with zero attached hydrogens (tertiary/aromatic N) is 4. The van der Waals surface area contributed by atoms with Crippen LogP contribution in [-0.4, -0.2) is 76.1 Å². The van der Waals surface area contributed by atoms with Crippen molar-refractivity contribution in [2.75, 3.05) is 32.7 Å². The highest BCUT2D eigenvalue weighted by Gasteiger charge is 2.57. The van der Waals surface area contributed by atoms with E-state index in [1.165, 1.54) is 5.56 Å². The molecule has 1 unspecified atom stereocenters. The molecule has 1 aliphatic carbocycles. The lowest BCUT2D eigenvalue weighted by Crippen LogP contribution is -2.60. The van der Waals surface area contributed by atoms with Gasteiger partial charge in [0.1, 0.15) is 5.60 Å². The smallest absolute Gasteiger partial charge is 0.410 e. The second kappa shape index (κ2) is 6.48. The molecular formula is C20H26N4O3. The van der Waals surface area contributed by atoms with E-state index in [4.69, 9.17) is 4.74 Å². The van der Waals surface area contributed by atoms with Gasteiger partial charge in [-0.3, -0.25) is 19.6 Å². The average molecular weight is 370 g/mol. The predicted octanol–water partition coefficient (Wildman–Crippen LogP) is 1.49. The molecule has 1 aromatic rings. The monoisotopic (exact) mass is 370 g/mol. The van der Waals surface area contributed by atoms with Crippen LogP contribution in [0.25, 0.3) is 0 Å². The highest BCUT2D eigenvalue weighted by molar-refractivity contribution is 5.81. The number of ether oxygens (including phenoxy) is 1. The first-order valence-corrected chi connectivity index (χ1v) is 10.0. The summed E-state index contributed by atoms with van der Waals surface area (Å²) in [5, 5.41) is 0. The van der Waals surface area contributed by atoms with E-state index < -0.39 is 5.60 Å². The van der Waals surface area contributed by atoms with Crippen molar-refractivity contribution in [3.63, 3.8) is 0 Å². The van der Waals surface area contributed by atoms with Crippen molar-refractivity contribution in [2.24, 2.45) is 5.92 Å². The van der Waals surface area contributed by atoms with Crippen LogP contribution in [0.5, 0.6) is 0 Å². The Hall–Kier alpha value is -2.15. The number of piperidine rings is 1. The SMILES string of the molecule is O=C(C1CC1)N1CCC2(CC1)OC(=O)N1CCN(Cc3cccnc3)CC12. The van der Waals surface area contributed by atoms with Gasteiger partial charge >= 0.3 is 6.09 Å². The lowest BCUT2D eigenvalue weighted by Gasteiger charge is -2.45. The Balaban J connectivity index is 1.28. The summed E-state index contributed by atoms with van der Waals surface area (Å²) in [6.45, 7) is 4.62. The van der Waals surface area contributed by atoms with E-state index >= 15 is 0 Å². The number of hydrogen-bond donors (Lipinski definition) is 0. The summed E-state index contributed by atoms with van der Waals surface area (Å²) in [4.78, 5) is 35.3. The molecule has 144 valence electrons. The van der Waals surface area contributed by atoms with Gasteiger partial charge in [-0.1, -0.05) is 6.07 Å². The minimum absolute atomic E-state index is 0.0774. The first kappa shape index (κ1) is 17.0. The molecule has 3 saturated heterocycles. The Morgan fingerprint density at radius 3 is 2.74 bits per heavy atom. The predicted molar refractivity (Wildman–Crippen MR) is 97.8 cm³/mol. The number of amides is 2. The Morgan fingerprint density at radius 1 is 1.22 bits per heavy atom. The van der Waals surface area contributed by atoms with Gasteiger partial charge in [-0.2, -0.15) is 0 Å². The number of carbonyl (C=O) groups is 2. The Morgan fingerprint density at radius 2 is 2.04 bits per heavy atom. The summed E-state index contributed by atoms with van der Waals surface area (Å²) in [6, 6.07) is 4.13. The zero-order valence-electron chi connectivity index (χ0n) is 15.5. The molecule has 7 heteroatoms. The van der Waals surface area contributed by atoms with Gasteiger partial charge in [-0.15, -0.1) is 0 Å². The van der Waals surface area contributed by atoms with Crippen LogP contribution in [0, 0.1) is 5.92 Å². The van der Waals surface area contributed by atoms with Crippen LogP contribution in [0.4, 0.5) is 4.79 Å². The molecule has 0 aromatic carbocycles. The zero-order chi connectivity index (χ0) is 18.4. The van der Waals surface area contributed by atoms with Crippen molar-refractivity contribution in [3.8, 4) is 0 Å². The number of carbonyl (C=O) groups excluding carboxylic acids is 2. The van der Waals surface area contributed by atoms with Gasteiger partial charge in [0.2, 0.25) is 5.91 Å². The molecule has 4 aliphatic rings. The van der Waals surface area contributed by atoms with Crippen molar-refractivity contribution in [2.45, 2.75) is 43.9 Å². The third kappa shape index (κ3) is 3.08. The van der Waals surface area contributed by atoms with Gasteiger partial charge in [0.15, 0.2) is 0 Å². The molecule has 5 rings (SSSR count). The van der Waals surface area contributed by atoms with Gasteiger partial charge in [-0.25, -0.2) is 4.79 Å². The van der Waals surface area contributed by atoms with E-state index in [1.54, 1.807) is 6.20 Å². The van der Waals surface area contributed by atoms with E-state index in [9.17, 15) is 9.59 Å². The van der Waals surface area contributed by atoms with Crippen molar-refractivity contribution >= 4 is 12.0 Å². The number of hydrogen-bond acceptors (Lipinski definition) is 5. The van der Waals surface area contributed by atoms with Crippen molar-refractivity contribution < 1.29 is 14.3 Å². The molecule has 1 aromatic heterocycles. The molecule has 3 aliphatic heterocycles. The Kier molecular flexibility index (Phi) is 4.07. The van der Waals surface area contributed by atoms with Crippen LogP contribution in [0.1, 0.15) is 31.2 Å². The van der Waals surface area contributed by atoms with Gasteiger partial charge in [0.25, 0.3) is 0 Å². The molecule has 0 N–H and O–H groups in total. The third-order valence-corrected chi connectivity index (χ3v) is 6.57. The molecular weight excluding hydrogens is 344 g/mol. The second-order valence-electron chi connectivity index (χ2n) is 8.34. The van der Waals surface area contributed by atoms with E-state index in [0.29, 0.717) is 25.5 Å². The van der Waals surface area contributed by atoms with Crippen LogP contribution in [0.2, 0.25) is 0 Å². The fourth-order valence-electron chi connectivity index (χ4n) is 4.83. The maximum absolute atomic E-state index is 12.5. The lowest BCUT2D eigenvalue weighted by molar-refractivity contribution is -0.136. The summed E-state index contributed by atoms with van der Waals surface area (Å²) in [7, 11) is 0. The standard InChI is InChI=1S/C20H26N4O3/c25-18(16-3-4-16)23-8-5-20(6-9-23)17-14-22(10-11-24(17)19(26)27-20)13-15-2-1-7-21-12-15/h1-2,7,12,16-17H,3-6,8-11,13-14H2. The van der Waals surface area contributed by atoms with Crippen molar-refractivity contribution in [3.05, 3.63) is 30.1 Å². The van der Waals surface area contributed by atoms with Gasteiger partial charge in [0, 0.05) is 70.4 Å². The molecule has 0 radical (unpaired) electrons. The molecule has 1 saturated carbocycles. The summed E-state index contributed by atoms with van der Waals surface area (Å²) in [6.07, 6.45) is 7.09. The molecule has 0 bridgehead atoms. The lowest BCUT2D eigenvalue weighted by atomic mass is 9.83. The van der Waals surface area contributed by atoms with E-state index in [-0.39, 0.29) is 18.1 Å². The van der Waals surface area contributed by atoms with Gasteiger partial charge in [0.05, 0.1) is 6.04 Å². The highest BCUT2D eigenvalue weighted by atomic mass is 16.6. The van der Waals surface area contributed by atoms with Gasteiger partial charge in [-0.05, 0) is 24.5 Å². The van der Waals surface area contributed by atoms with E-state index in [2.05, 4.69) is 16.0 Å². The molecule has 4 heterocycles. The number of fused-ring (bicyclic) bond motifs is 2. The normalized spacial score (nSPS) is 27.6. The molecule has 1 spiro atoms. The maximum atomic E-state index is 12.5. The van der Waals surface area contributed by atoms with Crippen LogP contribution >= 0.6 is 0 Å². The summed E-state index contributed by atoms with van der Waals surface area (Å²) >= 11 is 0. The quantitative estimate of drug-likeness (QED) is 0.807. The zero-order valence-corrected chi connectivity index (χ0v) is 15.5. The van der Waals surface area contributed by atoms with Crippen molar-refractivity contribution in [1.29, 1.82) is 0 Å². The second-order valence-corrected chi connectivity index (χ2v) is 8.34. The van der Waals surface area contributed by atoms with E-state index in [1.807, 2.05) is 22.1 Å². The first-order chi connectivity index (χ1) is 13.1. The molecule has 27 heavy (non-hydrogen) atoms. The topological polar surface area (TPSA) is 66.0 Å². The molecule has 4 fully saturated rings. The Bertz CT molecular complexity index is 728. The minimum Gasteiger partial charge on any atom is -0.440 e. The highest BCUT2D eigenvalue weighted by Crippen LogP contribution is 2.41. The number of aromatic nitrogens is 1. The fourth-order valence-corrected chi connectivity index (χ4v) is 4.83. The number of likely N-dealkylation sites (tertiary alicyclic amines) is 1. The van der Waals surface area contributed by atoms with Crippen molar-refractivity contribution in [1.82, 2.24) is 19.7 Å². The summed E-state index contributed by atoms with van der Waals surface area (Å²) in [5.74, 6) is 0.555. The largest absolute Gasteiger partial charge is 0.440 e. The summed E-state index contributed by atoms with van der Waals surface area (Å²) in [5.41, 5.74) is 0.750. The number of pyridine rings is 1. The Labute approximate surface area is 159 Å². The van der Waals surface area contributed by atoms with Crippen LogP contribution < -0.4 is 0 Å². The van der Waals surface area contributed by atoms with Crippen LogP contribution in [0.3, 0.4) is 0 Å².